The van der Waals surface area contributed by atoms with Gasteiger partial charge in [0.25, 0.3) is 0 Å². The van der Waals surface area contributed by atoms with Crippen LogP contribution in [-0.4, -0.2) is 14.5 Å². The van der Waals surface area contributed by atoms with E-state index in [2.05, 4.69) is 28.4 Å². The van der Waals surface area contributed by atoms with Gasteiger partial charge in [0.2, 0.25) is 0 Å². The summed E-state index contributed by atoms with van der Waals surface area (Å²) in [5.74, 6) is 0.965. The highest BCUT2D eigenvalue weighted by molar-refractivity contribution is 5.50. The van der Waals surface area contributed by atoms with Crippen LogP contribution in [-0.2, 0) is 0 Å². The third-order valence-corrected chi connectivity index (χ3v) is 1.91. The fourth-order valence-electron chi connectivity index (χ4n) is 1.30. The number of hydrogen-bond donors (Lipinski definition) is 0. The molecule has 3 nitrogen and oxygen atoms in total. The molecule has 0 bridgehead atoms. The summed E-state index contributed by atoms with van der Waals surface area (Å²) in [5.41, 5.74) is 0.964. The summed E-state index contributed by atoms with van der Waals surface area (Å²) >= 11 is 0. The molecule has 2 heterocycles. The number of fused-ring (bicyclic) bond motifs is 1. The molecule has 2 aliphatic rings. The van der Waals surface area contributed by atoms with Crippen molar-refractivity contribution in [3.05, 3.63) is 24.7 Å². The van der Waals surface area contributed by atoms with Crippen LogP contribution in [0.1, 0.15) is 19.9 Å². The lowest BCUT2D eigenvalue weighted by Gasteiger charge is -2.13. The molecule has 0 aromatic rings. The smallest absolute Gasteiger partial charge is 0.160 e. The zero-order chi connectivity index (χ0) is 8.55. The van der Waals surface area contributed by atoms with Crippen molar-refractivity contribution in [3.63, 3.8) is 0 Å². The Kier molecular flexibility index (Phi) is 1.57. The van der Waals surface area contributed by atoms with Crippen LogP contribution in [0, 0.1) is 0 Å². The van der Waals surface area contributed by atoms with Gasteiger partial charge in [0.15, 0.2) is 5.82 Å². The van der Waals surface area contributed by atoms with Gasteiger partial charge in [-0.25, -0.2) is 9.97 Å². The molecule has 0 aliphatic carbocycles. The molecule has 0 aromatic carbocycles. The maximum Gasteiger partial charge on any atom is 0.160 e. The Balaban J connectivity index is 2.63. The Hall–Kier alpha value is -1.38. The minimum Gasteiger partial charge on any atom is -0.329 e. The summed E-state index contributed by atoms with van der Waals surface area (Å²) in [4.78, 5) is 8.32. The Labute approximate surface area is 71.4 Å². The maximum absolute atomic E-state index is 4.19. The molecule has 0 saturated heterocycles. The zero-order valence-electron chi connectivity index (χ0n) is 7.23. The van der Waals surface area contributed by atoms with Crippen molar-refractivity contribution in [3.8, 4) is 11.5 Å². The van der Waals surface area contributed by atoms with Crippen molar-refractivity contribution in [1.29, 1.82) is 0 Å². The first kappa shape index (κ1) is 7.28. The number of pyridine rings is 1. The first-order valence-corrected chi connectivity index (χ1v) is 4.06. The van der Waals surface area contributed by atoms with Gasteiger partial charge < -0.3 is 4.57 Å². The predicted octanol–water partition coefficient (Wildman–Crippen LogP) is 1.96. The Morgan fingerprint density at radius 2 is 2.17 bits per heavy atom. The fraction of sp³-hybridized carbons (Fsp3) is 0.333. The highest BCUT2D eigenvalue weighted by Gasteiger charge is 2.09. The summed E-state index contributed by atoms with van der Waals surface area (Å²) in [5, 5.41) is 0. The van der Waals surface area contributed by atoms with Gasteiger partial charge in [-0.05, 0) is 26.0 Å². The van der Waals surface area contributed by atoms with Crippen molar-refractivity contribution in [2.45, 2.75) is 19.9 Å². The summed E-state index contributed by atoms with van der Waals surface area (Å²) < 4.78 is 2.11. The quantitative estimate of drug-likeness (QED) is 0.640. The molecule has 62 valence electrons. The van der Waals surface area contributed by atoms with Crippen LogP contribution in [0.5, 0.6) is 0 Å². The first-order valence-electron chi connectivity index (χ1n) is 4.06. The molecule has 2 aliphatic heterocycles. The topological polar surface area (TPSA) is 30.7 Å². The standard InChI is InChI=1S/C9H11N3/c1-7(2)12-5-3-4-8-9(12)11-6-10-8/h3-7H,1-2H3. The molecule has 2 rings (SSSR count). The van der Waals surface area contributed by atoms with E-state index in [0.29, 0.717) is 6.04 Å². The number of imidazole rings is 1. The Bertz CT molecular complexity index is 351. The van der Waals surface area contributed by atoms with E-state index in [9.17, 15) is 0 Å². The van der Waals surface area contributed by atoms with Crippen LogP contribution in [0.15, 0.2) is 24.7 Å². The SMILES string of the molecule is CC(C)n1cccc2ncnc1-2. The van der Waals surface area contributed by atoms with E-state index in [-0.39, 0.29) is 0 Å². The van der Waals surface area contributed by atoms with E-state index in [1.807, 2.05) is 18.3 Å². The van der Waals surface area contributed by atoms with Crippen molar-refractivity contribution in [2.24, 2.45) is 0 Å². The average molecular weight is 161 g/mol. The van der Waals surface area contributed by atoms with Gasteiger partial charge >= 0.3 is 0 Å². The van der Waals surface area contributed by atoms with E-state index in [0.717, 1.165) is 11.5 Å². The third kappa shape index (κ3) is 0.978. The second-order valence-electron chi connectivity index (χ2n) is 3.09. The van der Waals surface area contributed by atoms with Crippen LogP contribution >= 0.6 is 0 Å². The van der Waals surface area contributed by atoms with E-state index in [1.54, 1.807) is 6.33 Å². The van der Waals surface area contributed by atoms with E-state index < -0.39 is 0 Å². The van der Waals surface area contributed by atoms with Crippen LogP contribution in [0.25, 0.3) is 11.5 Å². The molecular weight excluding hydrogens is 150 g/mol. The van der Waals surface area contributed by atoms with Gasteiger partial charge in [0.05, 0.1) is 0 Å². The van der Waals surface area contributed by atoms with Crippen LogP contribution in [0.3, 0.4) is 0 Å². The summed E-state index contributed by atoms with van der Waals surface area (Å²) in [6, 6.07) is 4.41. The van der Waals surface area contributed by atoms with Crippen molar-refractivity contribution >= 4 is 0 Å². The van der Waals surface area contributed by atoms with Crippen molar-refractivity contribution in [2.75, 3.05) is 0 Å². The number of aromatic nitrogens is 3. The molecule has 0 aromatic heterocycles. The lowest BCUT2D eigenvalue weighted by molar-refractivity contribution is 0.596. The molecule has 0 spiro atoms. The highest BCUT2D eigenvalue weighted by atomic mass is 15.1. The average Bonchev–Trinajstić information content (AvgIpc) is 2.49. The Morgan fingerprint density at radius 1 is 1.33 bits per heavy atom. The molecule has 0 fully saturated rings. The van der Waals surface area contributed by atoms with Crippen molar-refractivity contribution < 1.29 is 0 Å². The minimum absolute atomic E-state index is 0.436. The van der Waals surface area contributed by atoms with Gasteiger partial charge in [-0.15, -0.1) is 0 Å². The molecule has 0 radical (unpaired) electrons. The van der Waals surface area contributed by atoms with E-state index >= 15 is 0 Å². The number of rotatable bonds is 1. The first-order chi connectivity index (χ1) is 5.79. The molecular formula is C9H11N3. The number of hydrogen-bond acceptors (Lipinski definition) is 2. The fourth-order valence-corrected chi connectivity index (χ4v) is 1.30. The summed E-state index contributed by atoms with van der Waals surface area (Å²) in [7, 11) is 0. The normalized spacial score (nSPS) is 11.2. The second-order valence-corrected chi connectivity index (χ2v) is 3.09. The van der Waals surface area contributed by atoms with Crippen molar-refractivity contribution in [1.82, 2.24) is 14.5 Å². The minimum atomic E-state index is 0.436. The van der Waals surface area contributed by atoms with E-state index in [1.165, 1.54) is 0 Å². The molecule has 12 heavy (non-hydrogen) atoms. The van der Waals surface area contributed by atoms with Gasteiger partial charge in [-0.3, -0.25) is 0 Å². The summed E-state index contributed by atoms with van der Waals surface area (Å²) in [6.45, 7) is 4.27. The monoisotopic (exact) mass is 161 g/mol. The molecule has 0 saturated carbocycles. The number of nitrogens with zero attached hydrogens (tertiary/aromatic N) is 3. The molecule has 0 atom stereocenters. The molecule has 3 heteroatoms. The largest absolute Gasteiger partial charge is 0.329 e. The van der Waals surface area contributed by atoms with Gasteiger partial charge in [-0.1, -0.05) is 0 Å². The van der Waals surface area contributed by atoms with Gasteiger partial charge in [0, 0.05) is 12.2 Å². The molecule has 0 amide bonds. The lowest BCUT2D eigenvalue weighted by Crippen LogP contribution is -2.05. The zero-order valence-corrected chi connectivity index (χ0v) is 7.23. The second kappa shape index (κ2) is 2.59. The van der Waals surface area contributed by atoms with E-state index in [4.69, 9.17) is 0 Å². The third-order valence-electron chi connectivity index (χ3n) is 1.91. The van der Waals surface area contributed by atoms with Crippen LogP contribution < -0.4 is 0 Å². The molecule has 0 N–H and O–H groups in total. The summed E-state index contributed by atoms with van der Waals surface area (Å²) in [6.07, 6.45) is 3.63. The highest BCUT2D eigenvalue weighted by Crippen LogP contribution is 2.19. The predicted molar refractivity (Wildman–Crippen MR) is 47.0 cm³/mol. The molecule has 0 unspecified atom stereocenters. The van der Waals surface area contributed by atoms with Crippen LogP contribution in [0.4, 0.5) is 0 Å². The van der Waals surface area contributed by atoms with Gasteiger partial charge in [-0.2, -0.15) is 0 Å². The van der Waals surface area contributed by atoms with Gasteiger partial charge in [0.1, 0.15) is 12.0 Å². The van der Waals surface area contributed by atoms with Crippen LogP contribution in [0.2, 0.25) is 0 Å². The lowest BCUT2D eigenvalue weighted by atomic mass is 10.3. The Morgan fingerprint density at radius 3 is 2.92 bits per heavy atom. The maximum atomic E-state index is 4.19.